The number of hydrogen-bond donors (Lipinski definition) is 1. The van der Waals surface area contributed by atoms with Crippen molar-refractivity contribution in [2.45, 2.75) is 40.0 Å². The van der Waals surface area contributed by atoms with Crippen molar-refractivity contribution in [3.63, 3.8) is 0 Å². The van der Waals surface area contributed by atoms with Gasteiger partial charge in [-0.2, -0.15) is 0 Å². The normalized spacial score (nSPS) is 25.8. The molecule has 0 saturated carbocycles. The minimum absolute atomic E-state index is 0.227. The Bertz CT molecular complexity index is 310. The van der Waals surface area contributed by atoms with Crippen LogP contribution in [0.2, 0.25) is 0 Å². The van der Waals surface area contributed by atoms with Crippen molar-refractivity contribution in [2.24, 2.45) is 11.3 Å². The molecule has 1 N–H and O–H groups in total. The van der Waals surface area contributed by atoms with Gasteiger partial charge in [0.05, 0.1) is 5.92 Å². The molecular formula is C16H31N3O. The van der Waals surface area contributed by atoms with Gasteiger partial charge in [-0.15, -0.1) is 0 Å². The van der Waals surface area contributed by atoms with E-state index in [0.717, 1.165) is 58.7 Å². The first-order valence-corrected chi connectivity index (χ1v) is 8.17. The number of nitrogens with one attached hydrogen (secondary N) is 1. The van der Waals surface area contributed by atoms with Crippen LogP contribution >= 0.6 is 0 Å². The van der Waals surface area contributed by atoms with E-state index in [4.69, 9.17) is 0 Å². The standard InChI is InChI=1S/C16H31N3O/c1-16(2,3)6-8-18-9-11-19(12-10-18)15(20)14-5-4-7-17-13-14/h14,17H,4-13H2,1-3H3. The summed E-state index contributed by atoms with van der Waals surface area (Å²) in [6, 6.07) is 0. The summed E-state index contributed by atoms with van der Waals surface area (Å²) >= 11 is 0. The van der Waals surface area contributed by atoms with Gasteiger partial charge in [0, 0.05) is 32.7 Å². The van der Waals surface area contributed by atoms with Gasteiger partial charge in [-0.3, -0.25) is 9.69 Å². The average molecular weight is 281 g/mol. The van der Waals surface area contributed by atoms with Crippen molar-refractivity contribution >= 4 is 5.91 Å². The summed E-state index contributed by atoms with van der Waals surface area (Å²) in [5, 5.41) is 3.34. The minimum atomic E-state index is 0.227. The van der Waals surface area contributed by atoms with E-state index in [9.17, 15) is 4.79 Å². The molecule has 2 aliphatic rings. The van der Waals surface area contributed by atoms with Gasteiger partial charge in [-0.05, 0) is 37.8 Å². The highest BCUT2D eigenvalue weighted by Crippen LogP contribution is 2.20. The number of rotatable bonds is 3. The Morgan fingerprint density at radius 2 is 1.90 bits per heavy atom. The Balaban J connectivity index is 1.72. The number of piperidine rings is 1. The van der Waals surface area contributed by atoms with Crippen LogP contribution < -0.4 is 5.32 Å². The van der Waals surface area contributed by atoms with Crippen LogP contribution in [0, 0.1) is 11.3 Å². The minimum Gasteiger partial charge on any atom is -0.340 e. The van der Waals surface area contributed by atoms with Gasteiger partial charge < -0.3 is 10.2 Å². The predicted octanol–water partition coefficient (Wildman–Crippen LogP) is 1.57. The molecule has 1 amide bonds. The molecule has 0 aliphatic carbocycles. The summed E-state index contributed by atoms with van der Waals surface area (Å²) in [5.41, 5.74) is 0.403. The first-order valence-electron chi connectivity index (χ1n) is 8.17. The Kier molecular flexibility index (Phi) is 5.44. The fourth-order valence-electron chi connectivity index (χ4n) is 3.01. The highest BCUT2D eigenvalue weighted by atomic mass is 16.2. The molecule has 1 unspecified atom stereocenters. The Morgan fingerprint density at radius 3 is 2.45 bits per heavy atom. The lowest BCUT2D eigenvalue weighted by Gasteiger charge is -2.38. The first-order chi connectivity index (χ1) is 9.46. The highest BCUT2D eigenvalue weighted by Gasteiger charge is 2.28. The second-order valence-corrected chi connectivity index (χ2v) is 7.52. The summed E-state index contributed by atoms with van der Waals surface area (Å²) in [7, 11) is 0. The number of carbonyl (C=O) groups excluding carboxylic acids is 1. The topological polar surface area (TPSA) is 35.6 Å². The van der Waals surface area contributed by atoms with Crippen molar-refractivity contribution < 1.29 is 4.79 Å². The van der Waals surface area contributed by atoms with Gasteiger partial charge in [-0.25, -0.2) is 0 Å². The zero-order valence-corrected chi connectivity index (χ0v) is 13.5. The molecule has 116 valence electrons. The van der Waals surface area contributed by atoms with Crippen LogP contribution in [0.4, 0.5) is 0 Å². The largest absolute Gasteiger partial charge is 0.340 e. The SMILES string of the molecule is CC(C)(C)CCN1CCN(C(=O)C2CCCNC2)CC1. The summed E-state index contributed by atoms with van der Waals surface area (Å²) in [5.74, 6) is 0.609. The molecule has 0 bridgehead atoms. The summed E-state index contributed by atoms with van der Waals surface area (Å²) in [4.78, 5) is 17.0. The van der Waals surface area contributed by atoms with Crippen LogP contribution in [-0.2, 0) is 4.79 Å². The predicted molar refractivity (Wildman–Crippen MR) is 82.7 cm³/mol. The number of carbonyl (C=O) groups is 1. The van der Waals surface area contributed by atoms with Crippen LogP contribution in [0.3, 0.4) is 0 Å². The molecule has 0 spiro atoms. The molecule has 0 aromatic rings. The van der Waals surface area contributed by atoms with Gasteiger partial charge >= 0.3 is 0 Å². The van der Waals surface area contributed by atoms with E-state index in [1.165, 1.54) is 6.42 Å². The molecule has 4 heteroatoms. The number of amides is 1. The molecule has 2 saturated heterocycles. The Labute approximate surface area is 123 Å². The number of piperazine rings is 1. The lowest BCUT2D eigenvalue weighted by Crippen LogP contribution is -2.52. The van der Waals surface area contributed by atoms with Gasteiger partial charge in [-0.1, -0.05) is 20.8 Å². The van der Waals surface area contributed by atoms with E-state index in [-0.39, 0.29) is 5.92 Å². The second kappa shape index (κ2) is 6.90. The van der Waals surface area contributed by atoms with Crippen LogP contribution in [-0.4, -0.2) is 61.5 Å². The van der Waals surface area contributed by atoms with E-state index >= 15 is 0 Å². The molecule has 0 radical (unpaired) electrons. The smallest absolute Gasteiger partial charge is 0.227 e. The van der Waals surface area contributed by atoms with E-state index in [0.29, 0.717) is 11.3 Å². The Morgan fingerprint density at radius 1 is 1.20 bits per heavy atom. The van der Waals surface area contributed by atoms with Crippen LogP contribution in [0.1, 0.15) is 40.0 Å². The molecular weight excluding hydrogens is 250 g/mol. The molecule has 2 aliphatic heterocycles. The zero-order chi connectivity index (χ0) is 14.6. The van der Waals surface area contributed by atoms with E-state index in [2.05, 4.69) is 35.9 Å². The van der Waals surface area contributed by atoms with E-state index in [1.807, 2.05) is 0 Å². The molecule has 2 fully saturated rings. The Hall–Kier alpha value is -0.610. The van der Waals surface area contributed by atoms with Gasteiger partial charge in [0.2, 0.25) is 5.91 Å². The van der Waals surface area contributed by atoms with Gasteiger partial charge in [0.25, 0.3) is 0 Å². The zero-order valence-electron chi connectivity index (χ0n) is 13.5. The maximum atomic E-state index is 12.4. The van der Waals surface area contributed by atoms with Crippen LogP contribution in [0.15, 0.2) is 0 Å². The third-order valence-electron chi connectivity index (χ3n) is 4.51. The number of hydrogen-bond acceptors (Lipinski definition) is 3. The maximum absolute atomic E-state index is 12.4. The monoisotopic (exact) mass is 281 g/mol. The van der Waals surface area contributed by atoms with Crippen LogP contribution in [0.25, 0.3) is 0 Å². The van der Waals surface area contributed by atoms with Crippen LogP contribution in [0.5, 0.6) is 0 Å². The van der Waals surface area contributed by atoms with Gasteiger partial charge in [0.1, 0.15) is 0 Å². The third kappa shape index (κ3) is 4.74. The molecule has 0 aromatic heterocycles. The number of nitrogens with zero attached hydrogens (tertiary/aromatic N) is 2. The first kappa shape index (κ1) is 15.8. The molecule has 20 heavy (non-hydrogen) atoms. The van der Waals surface area contributed by atoms with Crippen molar-refractivity contribution in [1.29, 1.82) is 0 Å². The second-order valence-electron chi connectivity index (χ2n) is 7.52. The molecule has 2 rings (SSSR count). The molecule has 2 heterocycles. The van der Waals surface area contributed by atoms with E-state index in [1.54, 1.807) is 0 Å². The molecule has 1 atom stereocenters. The lowest BCUT2D eigenvalue weighted by atomic mass is 9.92. The van der Waals surface area contributed by atoms with Crippen molar-refractivity contribution in [2.75, 3.05) is 45.8 Å². The highest BCUT2D eigenvalue weighted by molar-refractivity contribution is 5.79. The van der Waals surface area contributed by atoms with Gasteiger partial charge in [0.15, 0.2) is 0 Å². The summed E-state index contributed by atoms with van der Waals surface area (Å²) in [6.07, 6.45) is 3.44. The maximum Gasteiger partial charge on any atom is 0.227 e. The third-order valence-corrected chi connectivity index (χ3v) is 4.51. The summed E-state index contributed by atoms with van der Waals surface area (Å²) < 4.78 is 0. The summed E-state index contributed by atoms with van der Waals surface area (Å²) in [6.45, 7) is 13.9. The fraction of sp³-hybridized carbons (Fsp3) is 0.938. The average Bonchev–Trinajstić information content (AvgIpc) is 2.45. The van der Waals surface area contributed by atoms with Crippen molar-refractivity contribution in [3.8, 4) is 0 Å². The molecule has 0 aromatic carbocycles. The fourth-order valence-corrected chi connectivity index (χ4v) is 3.01. The van der Waals surface area contributed by atoms with E-state index < -0.39 is 0 Å². The van der Waals surface area contributed by atoms with Crippen molar-refractivity contribution in [1.82, 2.24) is 15.1 Å². The van der Waals surface area contributed by atoms with Crippen molar-refractivity contribution in [3.05, 3.63) is 0 Å². The lowest BCUT2D eigenvalue weighted by molar-refractivity contribution is -0.137. The quantitative estimate of drug-likeness (QED) is 0.853. The molecule has 4 nitrogen and oxygen atoms in total.